The summed E-state index contributed by atoms with van der Waals surface area (Å²) in [5.74, 6) is 0.509. The van der Waals surface area contributed by atoms with Gasteiger partial charge in [0.2, 0.25) is 12.7 Å². The Morgan fingerprint density at radius 1 is 1.00 bits per heavy atom. The summed E-state index contributed by atoms with van der Waals surface area (Å²) >= 11 is 6.22. The molecule has 2 N–H and O–H groups in total. The second kappa shape index (κ2) is 9.98. The molecule has 8 heteroatoms. The molecule has 4 rings (SSSR count). The number of hydrogen-bond donors (Lipinski definition) is 2. The van der Waals surface area contributed by atoms with Gasteiger partial charge in [-0.1, -0.05) is 60.1 Å². The monoisotopic (exact) mass is 449 g/mol. The topological polar surface area (TPSA) is 89.0 Å². The zero-order valence-corrected chi connectivity index (χ0v) is 17.7. The summed E-state index contributed by atoms with van der Waals surface area (Å²) in [7, 11) is 0. The van der Waals surface area contributed by atoms with Crippen LogP contribution in [0.3, 0.4) is 0 Å². The first kappa shape index (κ1) is 21.4. The van der Waals surface area contributed by atoms with Crippen molar-refractivity contribution in [3.8, 4) is 11.5 Å². The van der Waals surface area contributed by atoms with Crippen LogP contribution in [0.15, 0.2) is 77.9 Å². The van der Waals surface area contributed by atoms with E-state index in [1.54, 1.807) is 36.4 Å². The summed E-state index contributed by atoms with van der Waals surface area (Å²) < 4.78 is 10.6. The van der Waals surface area contributed by atoms with Crippen molar-refractivity contribution in [3.63, 3.8) is 0 Å². The molecule has 7 nitrogen and oxygen atoms in total. The fourth-order valence-electron chi connectivity index (χ4n) is 3.21. The van der Waals surface area contributed by atoms with E-state index in [2.05, 4.69) is 15.8 Å². The zero-order valence-electron chi connectivity index (χ0n) is 17.0. The molecule has 0 aromatic heterocycles. The first-order valence-electron chi connectivity index (χ1n) is 9.92. The molecule has 0 spiro atoms. The molecule has 1 aliphatic rings. The molecule has 0 bridgehead atoms. The Morgan fingerprint density at radius 2 is 1.66 bits per heavy atom. The summed E-state index contributed by atoms with van der Waals surface area (Å²) in [6, 6.07) is 21.0. The van der Waals surface area contributed by atoms with Crippen molar-refractivity contribution >= 4 is 29.6 Å². The van der Waals surface area contributed by atoms with Crippen LogP contribution in [0.4, 0.5) is 0 Å². The molecule has 2 amide bonds. The van der Waals surface area contributed by atoms with Crippen LogP contribution >= 0.6 is 11.6 Å². The number of nitrogens with one attached hydrogen (secondary N) is 2. The van der Waals surface area contributed by atoms with Crippen LogP contribution in [0.5, 0.6) is 11.5 Å². The van der Waals surface area contributed by atoms with Gasteiger partial charge in [-0.25, -0.2) is 5.43 Å². The molecule has 3 aromatic carbocycles. The third-order valence-corrected chi connectivity index (χ3v) is 5.14. The molecule has 0 saturated carbocycles. The van der Waals surface area contributed by atoms with Crippen molar-refractivity contribution in [1.29, 1.82) is 0 Å². The molecule has 0 aliphatic carbocycles. The van der Waals surface area contributed by atoms with E-state index in [9.17, 15) is 9.59 Å². The van der Waals surface area contributed by atoms with E-state index in [4.69, 9.17) is 21.1 Å². The van der Waals surface area contributed by atoms with Gasteiger partial charge in [-0.15, -0.1) is 0 Å². The highest BCUT2D eigenvalue weighted by Crippen LogP contribution is 2.36. The zero-order chi connectivity index (χ0) is 22.3. The number of amides is 2. The number of carbonyl (C=O) groups is 2. The Kier molecular flexibility index (Phi) is 6.67. The standard InChI is InChI=1S/C24H20ClN3O4/c25-19-12-22-21(31-15-32-22)11-18(19)14-26-28-23(29)13-20(16-7-3-1-4-8-16)27-24(30)17-9-5-2-6-10-17/h1-12,14,20H,13,15H2,(H,27,30)(H,28,29)/b26-14-/t20-/m1/s1. The number of rotatable bonds is 7. The van der Waals surface area contributed by atoms with Crippen molar-refractivity contribution in [2.75, 3.05) is 6.79 Å². The van der Waals surface area contributed by atoms with Gasteiger partial charge in [-0.2, -0.15) is 5.10 Å². The van der Waals surface area contributed by atoms with Crippen molar-refractivity contribution in [3.05, 3.63) is 94.5 Å². The lowest BCUT2D eigenvalue weighted by molar-refractivity contribution is -0.121. The van der Waals surface area contributed by atoms with Crippen LogP contribution in [-0.2, 0) is 4.79 Å². The van der Waals surface area contributed by atoms with Crippen LogP contribution in [0.2, 0.25) is 5.02 Å². The first-order chi connectivity index (χ1) is 15.6. The molecule has 162 valence electrons. The molecule has 32 heavy (non-hydrogen) atoms. The van der Waals surface area contributed by atoms with Gasteiger partial charge in [0.1, 0.15) is 0 Å². The van der Waals surface area contributed by atoms with Crippen LogP contribution in [0, 0.1) is 0 Å². The van der Waals surface area contributed by atoms with E-state index in [1.165, 1.54) is 6.21 Å². The highest BCUT2D eigenvalue weighted by Gasteiger charge is 2.19. The first-order valence-corrected chi connectivity index (χ1v) is 10.3. The quantitative estimate of drug-likeness (QED) is 0.420. The second-order valence-corrected chi connectivity index (χ2v) is 7.43. The van der Waals surface area contributed by atoms with Gasteiger partial charge in [0.05, 0.1) is 23.7 Å². The smallest absolute Gasteiger partial charge is 0.251 e. The van der Waals surface area contributed by atoms with Crippen LogP contribution in [0.25, 0.3) is 0 Å². The van der Waals surface area contributed by atoms with Gasteiger partial charge in [0, 0.05) is 17.2 Å². The van der Waals surface area contributed by atoms with E-state index in [-0.39, 0.29) is 25.0 Å². The highest BCUT2D eigenvalue weighted by molar-refractivity contribution is 6.33. The molecular weight excluding hydrogens is 430 g/mol. The van der Waals surface area contributed by atoms with Gasteiger partial charge in [-0.05, 0) is 23.8 Å². The molecule has 1 aliphatic heterocycles. The summed E-state index contributed by atoms with van der Waals surface area (Å²) in [5, 5.41) is 7.34. The molecule has 1 atom stereocenters. The average Bonchev–Trinajstić information content (AvgIpc) is 3.27. The van der Waals surface area contributed by atoms with Crippen molar-refractivity contribution in [1.82, 2.24) is 10.7 Å². The number of hydrazone groups is 1. The maximum absolute atomic E-state index is 12.6. The second-order valence-electron chi connectivity index (χ2n) is 7.03. The number of benzene rings is 3. The lowest BCUT2D eigenvalue weighted by Crippen LogP contribution is -2.32. The minimum Gasteiger partial charge on any atom is -0.454 e. The summed E-state index contributed by atoms with van der Waals surface area (Å²) in [6.45, 7) is 0.137. The Hall–Kier alpha value is -3.84. The van der Waals surface area contributed by atoms with Crippen LogP contribution in [0.1, 0.15) is 33.9 Å². The minimum absolute atomic E-state index is 0.00873. The fourth-order valence-corrected chi connectivity index (χ4v) is 3.41. The van der Waals surface area contributed by atoms with E-state index in [1.807, 2.05) is 36.4 Å². The number of fused-ring (bicyclic) bond motifs is 1. The van der Waals surface area contributed by atoms with Crippen LogP contribution < -0.4 is 20.2 Å². The molecule has 0 saturated heterocycles. The van der Waals surface area contributed by atoms with Gasteiger partial charge in [0.25, 0.3) is 5.91 Å². The SMILES string of the molecule is O=C(C[C@@H](NC(=O)c1ccccc1)c1ccccc1)N/N=C\c1cc2c(cc1Cl)OCO2. The normalized spacial score (nSPS) is 13.0. The largest absolute Gasteiger partial charge is 0.454 e. The van der Waals surface area contributed by atoms with Crippen LogP contribution in [-0.4, -0.2) is 24.8 Å². The number of halogens is 1. The summed E-state index contributed by atoms with van der Waals surface area (Å²) in [4.78, 5) is 25.2. The third-order valence-electron chi connectivity index (χ3n) is 4.82. The number of carbonyl (C=O) groups excluding carboxylic acids is 2. The molecule has 0 unspecified atom stereocenters. The van der Waals surface area contributed by atoms with Crippen molar-refractivity contribution < 1.29 is 19.1 Å². The van der Waals surface area contributed by atoms with Crippen molar-refractivity contribution in [2.45, 2.75) is 12.5 Å². The number of ether oxygens (including phenoxy) is 2. The van der Waals surface area contributed by atoms with Gasteiger partial charge < -0.3 is 14.8 Å². The Balaban J connectivity index is 1.42. The van der Waals surface area contributed by atoms with Gasteiger partial charge >= 0.3 is 0 Å². The average molecular weight is 450 g/mol. The maximum atomic E-state index is 12.6. The summed E-state index contributed by atoms with van der Waals surface area (Å²) in [5.41, 5.74) is 4.40. The number of nitrogens with zero attached hydrogens (tertiary/aromatic N) is 1. The molecule has 1 heterocycles. The Morgan fingerprint density at radius 3 is 2.38 bits per heavy atom. The minimum atomic E-state index is -0.520. The molecule has 0 radical (unpaired) electrons. The fraction of sp³-hybridized carbons (Fsp3) is 0.125. The molecule has 0 fully saturated rings. The predicted molar refractivity (Wildman–Crippen MR) is 121 cm³/mol. The molecule has 3 aromatic rings. The van der Waals surface area contributed by atoms with Crippen molar-refractivity contribution in [2.24, 2.45) is 5.10 Å². The third kappa shape index (κ3) is 5.25. The van der Waals surface area contributed by atoms with E-state index in [0.717, 1.165) is 5.56 Å². The lowest BCUT2D eigenvalue weighted by atomic mass is 10.0. The highest BCUT2D eigenvalue weighted by atomic mass is 35.5. The Bertz CT molecular complexity index is 1140. The van der Waals surface area contributed by atoms with E-state index >= 15 is 0 Å². The summed E-state index contributed by atoms with van der Waals surface area (Å²) in [6.07, 6.45) is 1.44. The predicted octanol–water partition coefficient (Wildman–Crippen LogP) is 4.08. The van der Waals surface area contributed by atoms with E-state index < -0.39 is 6.04 Å². The van der Waals surface area contributed by atoms with E-state index in [0.29, 0.717) is 27.6 Å². The van der Waals surface area contributed by atoms with Gasteiger partial charge in [0.15, 0.2) is 11.5 Å². The lowest BCUT2D eigenvalue weighted by Gasteiger charge is -2.18. The maximum Gasteiger partial charge on any atom is 0.251 e. The Labute approximate surface area is 190 Å². The molecular formula is C24H20ClN3O4. The van der Waals surface area contributed by atoms with Gasteiger partial charge in [-0.3, -0.25) is 9.59 Å². The number of hydrogen-bond acceptors (Lipinski definition) is 5.